The molecule has 0 aromatic heterocycles. The Morgan fingerprint density at radius 2 is 0.840 bits per heavy atom. The van der Waals surface area contributed by atoms with Crippen LogP contribution in [0.3, 0.4) is 0 Å². The van der Waals surface area contributed by atoms with Crippen LogP contribution in [0.4, 0.5) is 0 Å². The first kappa shape index (κ1) is 24.4. The highest BCUT2D eigenvalue weighted by Gasteiger charge is 2.40. The molecule has 2 nitrogen and oxygen atoms in total. The van der Waals surface area contributed by atoms with E-state index < -0.39 is 11.2 Å². The van der Waals surface area contributed by atoms with Crippen LogP contribution in [0.2, 0.25) is 0 Å². The van der Waals surface area contributed by atoms with Gasteiger partial charge >= 0.3 is 0 Å². The van der Waals surface area contributed by atoms with Crippen molar-refractivity contribution >= 4 is 0 Å². The maximum absolute atomic E-state index is 10.7. The van der Waals surface area contributed by atoms with Gasteiger partial charge in [0, 0.05) is 0 Å². The highest BCUT2D eigenvalue weighted by Crippen LogP contribution is 2.32. The SMILES string of the molecule is C=CCCCCCCCCC[C@@](C)(O)[C@@](C)(O)CCCCCCC=C. The van der Waals surface area contributed by atoms with Crippen LogP contribution in [0.1, 0.15) is 110 Å². The lowest BCUT2D eigenvalue weighted by Gasteiger charge is -2.39. The Balaban J connectivity index is 3.80. The highest BCUT2D eigenvalue weighted by atomic mass is 16.4. The summed E-state index contributed by atoms with van der Waals surface area (Å²) in [6.07, 6.45) is 20.5. The van der Waals surface area contributed by atoms with Crippen molar-refractivity contribution in [1.29, 1.82) is 0 Å². The lowest BCUT2D eigenvalue weighted by atomic mass is 9.78. The van der Waals surface area contributed by atoms with E-state index in [0.29, 0.717) is 12.8 Å². The van der Waals surface area contributed by atoms with E-state index in [9.17, 15) is 10.2 Å². The van der Waals surface area contributed by atoms with Gasteiger partial charge in [-0.1, -0.05) is 69.9 Å². The second kappa shape index (κ2) is 14.6. The van der Waals surface area contributed by atoms with Gasteiger partial charge in [-0.25, -0.2) is 0 Å². The molecule has 0 amide bonds. The molecule has 0 bridgehead atoms. The van der Waals surface area contributed by atoms with E-state index in [1.807, 2.05) is 12.2 Å². The number of rotatable bonds is 18. The molecule has 148 valence electrons. The Kier molecular flexibility index (Phi) is 14.2. The lowest BCUT2D eigenvalue weighted by Crippen LogP contribution is -2.49. The Bertz CT molecular complexity index is 331. The first-order chi connectivity index (χ1) is 11.9. The molecule has 2 atom stereocenters. The molecule has 2 heteroatoms. The van der Waals surface area contributed by atoms with Crippen molar-refractivity contribution in [3.8, 4) is 0 Å². The largest absolute Gasteiger partial charge is 0.387 e. The van der Waals surface area contributed by atoms with Crippen LogP contribution in [-0.2, 0) is 0 Å². The molecule has 0 unspecified atom stereocenters. The van der Waals surface area contributed by atoms with Crippen LogP contribution >= 0.6 is 0 Å². The Labute approximate surface area is 157 Å². The van der Waals surface area contributed by atoms with Crippen molar-refractivity contribution in [1.82, 2.24) is 0 Å². The summed E-state index contributed by atoms with van der Waals surface area (Å²) in [6.45, 7) is 11.1. The smallest absolute Gasteiger partial charge is 0.0902 e. The number of hydrogen-bond acceptors (Lipinski definition) is 2. The molecule has 0 rings (SSSR count). The summed E-state index contributed by atoms with van der Waals surface area (Å²) in [4.78, 5) is 0. The van der Waals surface area contributed by atoms with E-state index >= 15 is 0 Å². The van der Waals surface area contributed by atoms with Gasteiger partial charge in [0.1, 0.15) is 0 Å². The van der Waals surface area contributed by atoms with Crippen LogP contribution in [-0.4, -0.2) is 21.4 Å². The van der Waals surface area contributed by atoms with Gasteiger partial charge in [0.15, 0.2) is 0 Å². The molecule has 0 saturated heterocycles. The number of allylic oxidation sites excluding steroid dienone is 2. The molecule has 0 aliphatic carbocycles. The fourth-order valence-corrected chi connectivity index (χ4v) is 3.29. The van der Waals surface area contributed by atoms with Crippen molar-refractivity contribution < 1.29 is 10.2 Å². The minimum Gasteiger partial charge on any atom is -0.387 e. The maximum Gasteiger partial charge on any atom is 0.0902 e. The summed E-state index contributed by atoms with van der Waals surface area (Å²) < 4.78 is 0. The molecule has 0 radical (unpaired) electrons. The summed E-state index contributed by atoms with van der Waals surface area (Å²) in [5.41, 5.74) is -1.98. The average molecular weight is 353 g/mol. The zero-order chi connectivity index (χ0) is 19.0. The maximum atomic E-state index is 10.7. The van der Waals surface area contributed by atoms with E-state index in [-0.39, 0.29) is 0 Å². The van der Waals surface area contributed by atoms with Crippen LogP contribution in [0.15, 0.2) is 25.3 Å². The van der Waals surface area contributed by atoms with E-state index in [1.54, 1.807) is 13.8 Å². The van der Waals surface area contributed by atoms with Crippen molar-refractivity contribution in [2.75, 3.05) is 0 Å². The summed E-state index contributed by atoms with van der Waals surface area (Å²) >= 11 is 0. The third-order valence-corrected chi connectivity index (χ3v) is 5.55. The van der Waals surface area contributed by atoms with Gasteiger partial charge in [0.25, 0.3) is 0 Å². The van der Waals surface area contributed by atoms with Crippen molar-refractivity contribution in [3.63, 3.8) is 0 Å². The van der Waals surface area contributed by atoms with E-state index in [4.69, 9.17) is 0 Å². The minimum atomic E-state index is -0.990. The zero-order valence-electron chi connectivity index (χ0n) is 17.1. The summed E-state index contributed by atoms with van der Waals surface area (Å²) in [5.74, 6) is 0. The fourth-order valence-electron chi connectivity index (χ4n) is 3.29. The van der Waals surface area contributed by atoms with Crippen LogP contribution in [0.25, 0.3) is 0 Å². The van der Waals surface area contributed by atoms with Gasteiger partial charge in [-0.3, -0.25) is 0 Å². The summed E-state index contributed by atoms with van der Waals surface area (Å²) in [7, 11) is 0. The summed E-state index contributed by atoms with van der Waals surface area (Å²) in [5, 5.41) is 21.4. The van der Waals surface area contributed by atoms with E-state index in [2.05, 4.69) is 13.2 Å². The molecule has 25 heavy (non-hydrogen) atoms. The fraction of sp³-hybridized carbons (Fsp3) is 0.826. The third-order valence-electron chi connectivity index (χ3n) is 5.55. The molecule has 0 aliphatic heterocycles. The molecule has 0 spiro atoms. The predicted molar refractivity (Wildman–Crippen MR) is 111 cm³/mol. The van der Waals surface area contributed by atoms with Crippen molar-refractivity contribution in [3.05, 3.63) is 25.3 Å². The normalized spacial score (nSPS) is 16.2. The van der Waals surface area contributed by atoms with Crippen LogP contribution in [0, 0.1) is 0 Å². The highest BCUT2D eigenvalue weighted by molar-refractivity contribution is 4.93. The van der Waals surface area contributed by atoms with Gasteiger partial charge in [-0.15, -0.1) is 13.2 Å². The van der Waals surface area contributed by atoms with E-state index in [0.717, 1.165) is 38.5 Å². The second-order valence-corrected chi connectivity index (χ2v) is 8.09. The molecule has 0 saturated carbocycles. The third kappa shape index (κ3) is 12.4. The topological polar surface area (TPSA) is 40.5 Å². The van der Waals surface area contributed by atoms with Gasteiger partial charge in [0.05, 0.1) is 11.2 Å². The van der Waals surface area contributed by atoms with Gasteiger partial charge in [-0.05, 0) is 52.4 Å². The molecular weight excluding hydrogens is 308 g/mol. The molecule has 0 heterocycles. The molecular formula is C23H44O2. The number of aliphatic hydroxyl groups is 2. The monoisotopic (exact) mass is 352 g/mol. The second-order valence-electron chi connectivity index (χ2n) is 8.09. The van der Waals surface area contributed by atoms with Gasteiger partial charge in [-0.2, -0.15) is 0 Å². The Morgan fingerprint density at radius 1 is 0.560 bits per heavy atom. The number of unbranched alkanes of at least 4 members (excludes halogenated alkanes) is 11. The van der Waals surface area contributed by atoms with Gasteiger partial charge < -0.3 is 10.2 Å². The zero-order valence-corrected chi connectivity index (χ0v) is 17.1. The molecule has 2 N–H and O–H groups in total. The predicted octanol–water partition coefficient (Wildman–Crippen LogP) is 6.71. The Morgan fingerprint density at radius 3 is 1.16 bits per heavy atom. The minimum absolute atomic E-state index is 0.678. The molecule has 0 aromatic rings. The van der Waals surface area contributed by atoms with Crippen molar-refractivity contribution in [2.24, 2.45) is 0 Å². The number of hydrogen-bond donors (Lipinski definition) is 2. The first-order valence-corrected chi connectivity index (χ1v) is 10.5. The molecule has 0 aliphatic rings. The standard InChI is InChI=1S/C23H44O2/c1-5-7-9-11-13-14-15-17-19-21-23(4,25)22(3,24)20-18-16-12-10-8-6-2/h5-6,24-25H,1-2,7-21H2,3-4H3/t22-,23+/m0/s1. The van der Waals surface area contributed by atoms with Gasteiger partial charge in [0.2, 0.25) is 0 Å². The van der Waals surface area contributed by atoms with Crippen molar-refractivity contribution in [2.45, 2.75) is 121 Å². The molecule has 0 fully saturated rings. The quantitative estimate of drug-likeness (QED) is 0.212. The van der Waals surface area contributed by atoms with Crippen LogP contribution < -0.4 is 0 Å². The van der Waals surface area contributed by atoms with Crippen LogP contribution in [0.5, 0.6) is 0 Å². The Hall–Kier alpha value is -0.600. The first-order valence-electron chi connectivity index (χ1n) is 10.5. The average Bonchev–Trinajstić information content (AvgIpc) is 2.56. The lowest BCUT2D eigenvalue weighted by molar-refractivity contribution is -0.140. The molecule has 0 aromatic carbocycles. The van der Waals surface area contributed by atoms with E-state index in [1.165, 1.54) is 44.9 Å². The summed E-state index contributed by atoms with van der Waals surface area (Å²) in [6, 6.07) is 0.